The van der Waals surface area contributed by atoms with Crippen LogP contribution in [-0.2, 0) is 0 Å². The van der Waals surface area contributed by atoms with Gasteiger partial charge in [-0.1, -0.05) is 28.9 Å². The van der Waals surface area contributed by atoms with Crippen LogP contribution in [-0.4, -0.2) is 10.9 Å². The van der Waals surface area contributed by atoms with Crippen LogP contribution >= 0.6 is 11.6 Å². The Balaban J connectivity index is 2.10. The lowest BCUT2D eigenvalue weighted by Crippen LogP contribution is -1.95. The minimum Gasteiger partial charge on any atom is -0.411 e. The summed E-state index contributed by atoms with van der Waals surface area (Å²) in [5.41, 5.74) is 2.10. The average molecular weight is 210 g/mol. The second-order valence-corrected chi connectivity index (χ2v) is 4.18. The topological polar surface area (TPSA) is 32.6 Å². The first-order valence-corrected chi connectivity index (χ1v) is 5.04. The van der Waals surface area contributed by atoms with E-state index < -0.39 is 0 Å². The molecule has 14 heavy (non-hydrogen) atoms. The first-order valence-electron chi connectivity index (χ1n) is 4.66. The third kappa shape index (κ3) is 1.75. The Morgan fingerprint density at radius 2 is 2.07 bits per heavy atom. The summed E-state index contributed by atoms with van der Waals surface area (Å²) < 4.78 is 0. The fourth-order valence-electron chi connectivity index (χ4n) is 1.81. The van der Waals surface area contributed by atoms with E-state index in [0.717, 1.165) is 17.2 Å². The van der Waals surface area contributed by atoms with Crippen molar-refractivity contribution in [2.75, 3.05) is 0 Å². The van der Waals surface area contributed by atoms with E-state index in [4.69, 9.17) is 16.8 Å². The highest BCUT2D eigenvalue weighted by Gasteiger charge is 2.40. The maximum absolute atomic E-state index is 8.62. The van der Waals surface area contributed by atoms with E-state index in [1.165, 1.54) is 5.56 Å². The molecular weight excluding hydrogens is 198 g/mol. The van der Waals surface area contributed by atoms with Crippen molar-refractivity contribution in [1.29, 1.82) is 0 Å². The minimum absolute atomic E-state index is 0.418. The van der Waals surface area contributed by atoms with Crippen LogP contribution in [0.2, 0.25) is 5.02 Å². The zero-order chi connectivity index (χ0) is 10.1. The Morgan fingerprint density at radius 1 is 1.43 bits per heavy atom. The van der Waals surface area contributed by atoms with Crippen LogP contribution in [0, 0.1) is 5.92 Å². The molecule has 0 aromatic heterocycles. The number of rotatable bonds is 2. The molecule has 1 aliphatic carbocycles. The molecule has 1 fully saturated rings. The highest BCUT2D eigenvalue weighted by atomic mass is 35.5. The number of benzene rings is 1. The van der Waals surface area contributed by atoms with Crippen molar-refractivity contribution >= 4 is 17.3 Å². The molecule has 1 aromatic carbocycles. The van der Waals surface area contributed by atoms with E-state index >= 15 is 0 Å². The van der Waals surface area contributed by atoms with Crippen molar-refractivity contribution in [1.82, 2.24) is 0 Å². The molecule has 2 nitrogen and oxygen atoms in total. The molecule has 1 aromatic rings. The third-order valence-electron chi connectivity index (χ3n) is 2.78. The lowest BCUT2D eigenvalue weighted by atomic mass is 10.1. The lowest BCUT2D eigenvalue weighted by Gasteiger charge is -1.99. The van der Waals surface area contributed by atoms with Crippen molar-refractivity contribution in [3.63, 3.8) is 0 Å². The Bertz CT molecular complexity index is 358. The molecule has 74 valence electrons. The van der Waals surface area contributed by atoms with Gasteiger partial charge in [0, 0.05) is 10.9 Å². The van der Waals surface area contributed by atoms with Gasteiger partial charge in [-0.2, -0.15) is 0 Å². The maximum atomic E-state index is 8.62. The number of oxime groups is 1. The van der Waals surface area contributed by atoms with Crippen LogP contribution in [0.5, 0.6) is 0 Å². The molecule has 1 aliphatic rings. The smallest absolute Gasteiger partial charge is 0.0577 e. The summed E-state index contributed by atoms with van der Waals surface area (Å²) in [6.45, 7) is 1.86. The summed E-state index contributed by atoms with van der Waals surface area (Å²) >= 11 is 5.80. The molecule has 2 atom stereocenters. The molecule has 0 unspecified atom stereocenters. The normalized spacial score (nSPS) is 26.3. The van der Waals surface area contributed by atoms with Crippen molar-refractivity contribution in [3.8, 4) is 0 Å². The molecule has 0 heterocycles. The van der Waals surface area contributed by atoms with E-state index in [1.807, 2.05) is 31.2 Å². The molecule has 2 rings (SSSR count). The van der Waals surface area contributed by atoms with Gasteiger partial charge in [0.1, 0.15) is 0 Å². The van der Waals surface area contributed by atoms with Gasteiger partial charge in [0.15, 0.2) is 0 Å². The SMILES string of the molecule is C/C(=N/O)[C@H]1C[C@H]1c1ccc(Cl)cc1. The zero-order valence-electron chi connectivity index (χ0n) is 7.94. The quantitative estimate of drug-likeness (QED) is 0.453. The largest absolute Gasteiger partial charge is 0.411 e. The van der Waals surface area contributed by atoms with Crippen LogP contribution in [0.1, 0.15) is 24.8 Å². The summed E-state index contributed by atoms with van der Waals surface area (Å²) in [5, 5.41) is 12.6. The molecular formula is C11H12ClNO. The van der Waals surface area contributed by atoms with Gasteiger partial charge in [-0.05, 0) is 37.0 Å². The van der Waals surface area contributed by atoms with Crippen LogP contribution in [0.3, 0.4) is 0 Å². The van der Waals surface area contributed by atoms with Gasteiger partial charge in [-0.15, -0.1) is 0 Å². The van der Waals surface area contributed by atoms with E-state index in [-0.39, 0.29) is 0 Å². The third-order valence-corrected chi connectivity index (χ3v) is 3.03. The molecule has 0 aliphatic heterocycles. The molecule has 0 amide bonds. The summed E-state index contributed by atoms with van der Waals surface area (Å²) in [4.78, 5) is 0. The Hall–Kier alpha value is -1.02. The monoisotopic (exact) mass is 209 g/mol. The summed E-state index contributed by atoms with van der Waals surface area (Å²) in [7, 11) is 0. The second-order valence-electron chi connectivity index (χ2n) is 3.74. The average Bonchev–Trinajstić information content (AvgIpc) is 2.98. The van der Waals surface area contributed by atoms with E-state index in [1.54, 1.807) is 0 Å². The van der Waals surface area contributed by atoms with Crippen LogP contribution < -0.4 is 0 Å². The number of hydrogen-bond donors (Lipinski definition) is 1. The Morgan fingerprint density at radius 3 is 2.64 bits per heavy atom. The minimum atomic E-state index is 0.418. The second kappa shape index (κ2) is 3.62. The first-order chi connectivity index (χ1) is 6.72. The fraction of sp³-hybridized carbons (Fsp3) is 0.364. The van der Waals surface area contributed by atoms with Crippen molar-refractivity contribution in [2.45, 2.75) is 19.3 Å². The molecule has 0 radical (unpaired) electrons. The van der Waals surface area contributed by atoms with Gasteiger partial charge in [0.05, 0.1) is 5.71 Å². The van der Waals surface area contributed by atoms with Gasteiger partial charge in [0.25, 0.3) is 0 Å². The lowest BCUT2D eigenvalue weighted by molar-refractivity contribution is 0.316. The van der Waals surface area contributed by atoms with E-state index in [9.17, 15) is 0 Å². The molecule has 0 saturated heterocycles. The van der Waals surface area contributed by atoms with Crippen molar-refractivity contribution in [3.05, 3.63) is 34.9 Å². The van der Waals surface area contributed by atoms with Gasteiger partial charge >= 0.3 is 0 Å². The molecule has 0 bridgehead atoms. The van der Waals surface area contributed by atoms with Gasteiger partial charge in [0.2, 0.25) is 0 Å². The zero-order valence-corrected chi connectivity index (χ0v) is 8.70. The van der Waals surface area contributed by atoms with Crippen LogP contribution in [0.4, 0.5) is 0 Å². The van der Waals surface area contributed by atoms with E-state index in [2.05, 4.69) is 5.16 Å². The van der Waals surface area contributed by atoms with Gasteiger partial charge in [-0.25, -0.2) is 0 Å². The first kappa shape index (κ1) is 9.53. The summed E-state index contributed by atoms with van der Waals surface area (Å²) in [6.07, 6.45) is 1.08. The number of halogens is 1. The van der Waals surface area contributed by atoms with Crippen LogP contribution in [0.25, 0.3) is 0 Å². The predicted octanol–water partition coefficient (Wildman–Crippen LogP) is 3.29. The highest BCUT2D eigenvalue weighted by Crippen LogP contribution is 2.48. The molecule has 0 spiro atoms. The maximum Gasteiger partial charge on any atom is 0.0577 e. The predicted molar refractivity (Wildman–Crippen MR) is 57.2 cm³/mol. The van der Waals surface area contributed by atoms with Crippen molar-refractivity contribution < 1.29 is 5.21 Å². The Kier molecular flexibility index (Phi) is 2.46. The molecule has 3 heteroatoms. The Labute approximate surface area is 88.2 Å². The van der Waals surface area contributed by atoms with Gasteiger partial charge in [-0.3, -0.25) is 0 Å². The number of hydrogen-bond acceptors (Lipinski definition) is 2. The van der Waals surface area contributed by atoms with Crippen molar-refractivity contribution in [2.24, 2.45) is 11.1 Å². The van der Waals surface area contributed by atoms with E-state index in [0.29, 0.717) is 11.8 Å². The van der Waals surface area contributed by atoms with Crippen LogP contribution in [0.15, 0.2) is 29.4 Å². The fourth-order valence-corrected chi connectivity index (χ4v) is 1.94. The molecule has 1 N–H and O–H groups in total. The standard InChI is InChI=1S/C11H12ClNO/c1-7(13-14)10-6-11(10)8-2-4-9(12)5-3-8/h2-5,10-11,14H,6H2,1H3/b13-7-/t10-,11+/m1/s1. The summed E-state index contributed by atoms with van der Waals surface area (Å²) in [5.74, 6) is 0.935. The number of nitrogens with zero attached hydrogens (tertiary/aromatic N) is 1. The summed E-state index contributed by atoms with van der Waals surface area (Å²) in [6, 6.07) is 7.88. The highest BCUT2D eigenvalue weighted by molar-refractivity contribution is 6.30. The van der Waals surface area contributed by atoms with Gasteiger partial charge < -0.3 is 5.21 Å². The molecule has 1 saturated carbocycles.